The highest BCUT2D eigenvalue weighted by molar-refractivity contribution is 5.98. The summed E-state index contributed by atoms with van der Waals surface area (Å²) in [4.78, 5) is 41.9. The summed E-state index contributed by atoms with van der Waals surface area (Å²) >= 11 is 0. The molecule has 5 atom stereocenters. The van der Waals surface area contributed by atoms with E-state index in [0.29, 0.717) is 25.8 Å². The maximum Gasteiger partial charge on any atom is 0.310 e. The molecule has 0 aromatic heterocycles. The van der Waals surface area contributed by atoms with Crippen LogP contribution >= 0.6 is 0 Å². The molecule has 0 aliphatic carbocycles. The first-order valence-electron chi connectivity index (χ1n) is 9.84. The van der Waals surface area contributed by atoms with Crippen LogP contribution in [0.25, 0.3) is 0 Å². The lowest BCUT2D eigenvalue weighted by molar-refractivity contribution is -0.152. The third kappa shape index (κ3) is 2.93. The number of fused-ring (bicyclic) bond motifs is 1. The Hall–Kier alpha value is -1.93. The van der Waals surface area contributed by atoms with Gasteiger partial charge in [0.15, 0.2) is 0 Å². The molecule has 3 aliphatic rings. The van der Waals surface area contributed by atoms with Crippen molar-refractivity contribution in [2.45, 2.75) is 63.3 Å². The quantitative estimate of drug-likeness (QED) is 0.614. The fourth-order valence-corrected chi connectivity index (χ4v) is 5.17. The Labute approximate surface area is 165 Å². The number of amides is 2. The van der Waals surface area contributed by atoms with E-state index in [9.17, 15) is 24.6 Å². The molecule has 8 heteroatoms. The number of carboxylic acid groups (broad SMARTS) is 1. The number of likely N-dealkylation sites (tertiary alicyclic amines) is 1. The maximum atomic E-state index is 13.7. The van der Waals surface area contributed by atoms with Gasteiger partial charge in [-0.25, -0.2) is 0 Å². The Morgan fingerprint density at radius 3 is 2.64 bits per heavy atom. The topological polar surface area (TPSA) is 107 Å². The second-order valence-electron chi connectivity index (χ2n) is 8.91. The fraction of sp³-hybridized carbons (Fsp3) is 0.750. The van der Waals surface area contributed by atoms with E-state index < -0.39 is 41.1 Å². The first-order valence-corrected chi connectivity index (χ1v) is 9.84. The SMILES string of the molecule is C=CCN(C(=O)C1N(CCCO)C(=O)[C@@H]2[C@@H](C(=O)O)[C@H]3CCC12O3)C(C)(C)C. The van der Waals surface area contributed by atoms with Crippen molar-refractivity contribution in [2.24, 2.45) is 11.8 Å². The number of hydrogen-bond acceptors (Lipinski definition) is 5. The lowest BCUT2D eigenvalue weighted by atomic mass is 9.70. The number of carboxylic acids is 1. The molecule has 2 bridgehead atoms. The Balaban J connectivity index is 2.05. The molecule has 1 spiro atoms. The molecular formula is C20H30N2O6. The lowest BCUT2D eigenvalue weighted by Crippen LogP contribution is -2.60. The Morgan fingerprint density at radius 1 is 1.43 bits per heavy atom. The lowest BCUT2D eigenvalue weighted by Gasteiger charge is -2.42. The average Bonchev–Trinajstić information content (AvgIpc) is 3.23. The van der Waals surface area contributed by atoms with Crippen LogP contribution in [-0.2, 0) is 19.1 Å². The third-order valence-electron chi connectivity index (χ3n) is 6.26. The van der Waals surface area contributed by atoms with E-state index in [-0.39, 0.29) is 25.0 Å². The van der Waals surface area contributed by atoms with Gasteiger partial charge in [0.25, 0.3) is 0 Å². The molecule has 3 heterocycles. The van der Waals surface area contributed by atoms with E-state index in [1.807, 2.05) is 20.8 Å². The van der Waals surface area contributed by atoms with Crippen LogP contribution in [0.3, 0.4) is 0 Å². The number of nitrogens with zero attached hydrogens (tertiary/aromatic N) is 2. The summed E-state index contributed by atoms with van der Waals surface area (Å²) < 4.78 is 6.13. The van der Waals surface area contributed by atoms with Gasteiger partial charge in [0, 0.05) is 25.2 Å². The zero-order valence-corrected chi connectivity index (χ0v) is 16.8. The summed E-state index contributed by atoms with van der Waals surface area (Å²) in [7, 11) is 0. The highest BCUT2D eigenvalue weighted by Gasteiger charge is 2.74. The van der Waals surface area contributed by atoms with Crippen LogP contribution in [0.2, 0.25) is 0 Å². The molecule has 3 rings (SSSR count). The second-order valence-corrected chi connectivity index (χ2v) is 8.91. The maximum absolute atomic E-state index is 13.7. The van der Waals surface area contributed by atoms with Crippen molar-refractivity contribution in [3.8, 4) is 0 Å². The van der Waals surface area contributed by atoms with Crippen molar-refractivity contribution in [3.63, 3.8) is 0 Å². The summed E-state index contributed by atoms with van der Waals surface area (Å²) in [6, 6.07) is -0.884. The van der Waals surface area contributed by atoms with Gasteiger partial charge in [-0.15, -0.1) is 6.58 Å². The molecule has 0 aromatic carbocycles. The number of ether oxygens (including phenoxy) is 1. The normalized spacial score (nSPS) is 33.9. The molecule has 28 heavy (non-hydrogen) atoms. The predicted octanol–water partition coefficient (Wildman–Crippen LogP) is 0.641. The highest BCUT2D eigenvalue weighted by Crippen LogP contribution is 2.58. The molecule has 0 radical (unpaired) electrons. The van der Waals surface area contributed by atoms with Gasteiger partial charge in [-0.3, -0.25) is 14.4 Å². The van der Waals surface area contributed by atoms with Crippen LogP contribution in [0.15, 0.2) is 12.7 Å². The van der Waals surface area contributed by atoms with Gasteiger partial charge in [0.2, 0.25) is 11.8 Å². The van der Waals surface area contributed by atoms with Crippen LogP contribution in [0.5, 0.6) is 0 Å². The van der Waals surface area contributed by atoms with Crippen molar-refractivity contribution in [1.82, 2.24) is 9.80 Å². The predicted molar refractivity (Wildman–Crippen MR) is 100 cm³/mol. The van der Waals surface area contributed by atoms with Crippen LogP contribution in [0.4, 0.5) is 0 Å². The Kier molecular flexibility index (Phi) is 5.31. The molecule has 8 nitrogen and oxygen atoms in total. The smallest absolute Gasteiger partial charge is 0.310 e. The van der Waals surface area contributed by atoms with E-state index in [1.54, 1.807) is 11.0 Å². The largest absolute Gasteiger partial charge is 0.481 e. The fourth-order valence-electron chi connectivity index (χ4n) is 5.17. The molecule has 2 amide bonds. The molecule has 2 N–H and O–H groups in total. The minimum Gasteiger partial charge on any atom is -0.481 e. The van der Waals surface area contributed by atoms with Gasteiger partial charge in [-0.1, -0.05) is 6.08 Å². The molecule has 156 valence electrons. The van der Waals surface area contributed by atoms with Gasteiger partial charge in [0.1, 0.15) is 11.6 Å². The van der Waals surface area contributed by atoms with Crippen molar-refractivity contribution in [1.29, 1.82) is 0 Å². The van der Waals surface area contributed by atoms with Gasteiger partial charge in [-0.2, -0.15) is 0 Å². The van der Waals surface area contributed by atoms with E-state index in [4.69, 9.17) is 4.74 Å². The third-order valence-corrected chi connectivity index (χ3v) is 6.26. The molecular weight excluding hydrogens is 364 g/mol. The van der Waals surface area contributed by atoms with Gasteiger partial charge in [0.05, 0.1) is 17.9 Å². The molecule has 0 saturated carbocycles. The highest BCUT2D eigenvalue weighted by atomic mass is 16.5. The summed E-state index contributed by atoms with van der Waals surface area (Å²) in [5.74, 6) is -3.46. The zero-order chi connectivity index (χ0) is 20.9. The number of hydrogen-bond donors (Lipinski definition) is 2. The van der Waals surface area contributed by atoms with E-state index in [2.05, 4.69) is 6.58 Å². The molecule has 3 aliphatic heterocycles. The number of rotatable bonds is 7. The molecule has 0 aromatic rings. The average molecular weight is 394 g/mol. The summed E-state index contributed by atoms with van der Waals surface area (Å²) in [5, 5.41) is 19.0. The van der Waals surface area contributed by atoms with Crippen LogP contribution in [0, 0.1) is 11.8 Å². The van der Waals surface area contributed by atoms with Crippen molar-refractivity contribution >= 4 is 17.8 Å². The second kappa shape index (κ2) is 7.15. The summed E-state index contributed by atoms with van der Waals surface area (Å²) in [6.07, 6.45) is 2.42. The van der Waals surface area contributed by atoms with Gasteiger partial charge >= 0.3 is 5.97 Å². The first-order chi connectivity index (χ1) is 13.1. The van der Waals surface area contributed by atoms with E-state index in [0.717, 1.165) is 0 Å². The van der Waals surface area contributed by atoms with Crippen molar-refractivity contribution in [3.05, 3.63) is 12.7 Å². The molecule has 3 fully saturated rings. The monoisotopic (exact) mass is 394 g/mol. The van der Waals surface area contributed by atoms with Crippen LogP contribution < -0.4 is 0 Å². The number of aliphatic hydroxyl groups is 1. The van der Waals surface area contributed by atoms with E-state index in [1.165, 1.54) is 4.90 Å². The Morgan fingerprint density at radius 2 is 2.11 bits per heavy atom. The zero-order valence-electron chi connectivity index (χ0n) is 16.8. The van der Waals surface area contributed by atoms with Crippen molar-refractivity contribution in [2.75, 3.05) is 19.7 Å². The standard InChI is InChI=1S/C20H30N2O6/c1-5-9-22(19(2,3)4)17(25)15-20-8-7-12(28-20)13(18(26)27)14(20)16(24)21(15)10-6-11-23/h5,12-15,23H,1,6-11H2,2-4H3,(H,26,27)/t12-,13+,14+,15?,20?/m1/s1. The van der Waals surface area contributed by atoms with Crippen LogP contribution in [-0.4, -0.2) is 80.8 Å². The van der Waals surface area contributed by atoms with E-state index >= 15 is 0 Å². The number of aliphatic carboxylic acids is 1. The first kappa shape index (κ1) is 20.8. The Bertz CT molecular complexity index is 687. The number of carbonyl (C=O) groups is 3. The minimum atomic E-state index is -1.11. The summed E-state index contributed by atoms with van der Waals surface area (Å²) in [5.41, 5.74) is -1.61. The number of carbonyl (C=O) groups excluding carboxylic acids is 2. The van der Waals surface area contributed by atoms with Gasteiger partial charge in [-0.05, 0) is 40.0 Å². The van der Waals surface area contributed by atoms with Crippen LogP contribution in [0.1, 0.15) is 40.0 Å². The number of aliphatic hydroxyl groups excluding tert-OH is 1. The minimum absolute atomic E-state index is 0.121. The molecule has 3 saturated heterocycles. The van der Waals surface area contributed by atoms with Crippen molar-refractivity contribution < 1.29 is 29.3 Å². The van der Waals surface area contributed by atoms with Gasteiger partial charge < -0.3 is 24.7 Å². The molecule has 2 unspecified atom stereocenters. The summed E-state index contributed by atoms with van der Waals surface area (Å²) in [6.45, 7) is 9.84.